The van der Waals surface area contributed by atoms with Crippen molar-refractivity contribution in [1.82, 2.24) is 20.1 Å². The number of thioether (sulfide) groups is 1. The minimum absolute atomic E-state index is 0.0826. The van der Waals surface area contributed by atoms with Crippen molar-refractivity contribution in [3.63, 3.8) is 0 Å². The lowest BCUT2D eigenvalue weighted by Crippen LogP contribution is -2.30. The van der Waals surface area contributed by atoms with Crippen LogP contribution in [0.25, 0.3) is 11.4 Å². The Kier molecular flexibility index (Phi) is 5.91. The van der Waals surface area contributed by atoms with Gasteiger partial charge < -0.3 is 9.73 Å². The van der Waals surface area contributed by atoms with Gasteiger partial charge in [-0.05, 0) is 19.1 Å². The first kappa shape index (κ1) is 18.0. The molecule has 3 aromatic rings. The van der Waals surface area contributed by atoms with E-state index in [9.17, 15) is 4.79 Å². The van der Waals surface area contributed by atoms with Crippen LogP contribution in [-0.2, 0) is 17.9 Å². The maximum Gasteiger partial charge on any atom is 0.233 e. The van der Waals surface area contributed by atoms with Gasteiger partial charge in [0.2, 0.25) is 5.91 Å². The molecule has 6 nitrogen and oxygen atoms in total. The van der Waals surface area contributed by atoms with Crippen molar-refractivity contribution >= 4 is 17.7 Å². The van der Waals surface area contributed by atoms with Crippen LogP contribution in [0.15, 0.2) is 71.0 Å². The molecule has 0 bridgehead atoms. The number of nitrogens with one attached hydrogen (secondary N) is 1. The van der Waals surface area contributed by atoms with E-state index < -0.39 is 0 Å². The number of carbonyl (C=O) groups is 1. The molecule has 134 valence electrons. The molecule has 0 unspecified atom stereocenters. The number of rotatable bonds is 8. The van der Waals surface area contributed by atoms with Crippen LogP contribution < -0.4 is 5.32 Å². The number of allylic oxidation sites excluding steroid dienone is 1. The summed E-state index contributed by atoms with van der Waals surface area (Å²) >= 11 is 1.37. The van der Waals surface area contributed by atoms with E-state index in [-0.39, 0.29) is 11.2 Å². The van der Waals surface area contributed by atoms with Crippen molar-refractivity contribution in [2.45, 2.75) is 30.4 Å². The fourth-order valence-electron chi connectivity index (χ4n) is 2.41. The van der Waals surface area contributed by atoms with Crippen LogP contribution in [0.2, 0.25) is 0 Å². The summed E-state index contributed by atoms with van der Waals surface area (Å²) < 4.78 is 7.19. The van der Waals surface area contributed by atoms with E-state index in [2.05, 4.69) is 22.1 Å². The summed E-state index contributed by atoms with van der Waals surface area (Å²) in [6.07, 6.45) is 3.38. The minimum Gasteiger partial charge on any atom is -0.467 e. The summed E-state index contributed by atoms with van der Waals surface area (Å²) in [6.45, 7) is 6.59. The number of amides is 1. The molecule has 2 aromatic heterocycles. The largest absolute Gasteiger partial charge is 0.467 e. The van der Waals surface area contributed by atoms with Gasteiger partial charge in [0.15, 0.2) is 11.0 Å². The summed E-state index contributed by atoms with van der Waals surface area (Å²) in [5, 5.41) is 11.8. The van der Waals surface area contributed by atoms with Crippen LogP contribution in [0, 0.1) is 0 Å². The molecule has 1 aromatic carbocycles. The van der Waals surface area contributed by atoms with Gasteiger partial charge in [-0.15, -0.1) is 16.8 Å². The Bertz CT molecular complexity index is 859. The summed E-state index contributed by atoms with van der Waals surface area (Å²) in [4.78, 5) is 12.3. The third-order valence-corrected chi connectivity index (χ3v) is 4.81. The van der Waals surface area contributed by atoms with Crippen molar-refractivity contribution in [2.75, 3.05) is 0 Å². The second kappa shape index (κ2) is 8.53. The molecular formula is C19H20N4O2S. The zero-order valence-corrected chi connectivity index (χ0v) is 15.3. The van der Waals surface area contributed by atoms with Gasteiger partial charge in [-0.3, -0.25) is 9.36 Å². The fraction of sp³-hybridized carbons (Fsp3) is 0.211. The van der Waals surface area contributed by atoms with Crippen molar-refractivity contribution in [2.24, 2.45) is 0 Å². The first-order valence-electron chi connectivity index (χ1n) is 8.25. The number of carbonyl (C=O) groups excluding carboxylic acids is 1. The Labute approximate surface area is 156 Å². The third-order valence-electron chi connectivity index (χ3n) is 3.73. The molecule has 2 heterocycles. The number of aromatic nitrogens is 3. The number of benzene rings is 1. The lowest BCUT2D eigenvalue weighted by Gasteiger charge is -2.12. The molecule has 0 aliphatic rings. The predicted molar refractivity (Wildman–Crippen MR) is 102 cm³/mol. The smallest absolute Gasteiger partial charge is 0.233 e. The van der Waals surface area contributed by atoms with Crippen molar-refractivity contribution < 1.29 is 9.21 Å². The highest BCUT2D eigenvalue weighted by Crippen LogP contribution is 2.26. The van der Waals surface area contributed by atoms with Gasteiger partial charge in [0.05, 0.1) is 18.1 Å². The molecule has 0 aliphatic heterocycles. The molecule has 0 radical (unpaired) electrons. The van der Waals surface area contributed by atoms with Gasteiger partial charge in [0.1, 0.15) is 5.76 Å². The van der Waals surface area contributed by atoms with Crippen LogP contribution in [-0.4, -0.2) is 25.9 Å². The summed E-state index contributed by atoms with van der Waals surface area (Å²) in [5.41, 5.74) is 0.976. The average molecular weight is 368 g/mol. The van der Waals surface area contributed by atoms with Crippen molar-refractivity contribution in [1.29, 1.82) is 0 Å². The fourth-order valence-corrected chi connectivity index (χ4v) is 3.30. The van der Waals surface area contributed by atoms with Crippen LogP contribution in [0.3, 0.4) is 0 Å². The molecule has 0 fully saturated rings. The Balaban J connectivity index is 1.71. The van der Waals surface area contributed by atoms with Gasteiger partial charge >= 0.3 is 0 Å². The molecule has 1 N–H and O–H groups in total. The second-order valence-corrected chi connectivity index (χ2v) is 6.94. The first-order chi connectivity index (χ1) is 12.7. The van der Waals surface area contributed by atoms with E-state index >= 15 is 0 Å². The molecule has 0 spiro atoms. The molecule has 1 atom stereocenters. The topological polar surface area (TPSA) is 73.0 Å². The van der Waals surface area contributed by atoms with E-state index in [0.717, 1.165) is 17.1 Å². The summed E-state index contributed by atoms with van der Waals surface area (Å²) in [7, 11) is 0. The third kappa shape index (κ3) is 4.23. The van der Waals surface area contributed by atoms with Crippen LogP contribution in [0.4, 0.5) is 0 Å². The zero-order chi connectivity index (χ0) is 18.4. The standard InChI is InChI=1S/C19H20N4O2S/c1-3-11-23-17(15-8-5-4-6-9-15)21-22-19(23)26-14(2)18(24)20-13-16-10-7-12-25-16/h3-10,12,14H,1,11,13H2,2H3,(H,20,24)/t14-/m1/s1. The summed E-state index contributed by atoms with van der Waals surface area (Å²) in [6, 6.07) is 13.5. The second-order valence-electron chi connectivity index (χ2n) is 5.63. The Hall–Kier alpha value is -2.80. The van der Waals surface area contributed by atoms with E-state index in [4.69, 9.17) is 4.42 Å². The monoisotopic (exact) mass is 368 g/mol. The van der Waals surface area contributed by atoms with E-state index in [1.165, 1.54) is 11.8 Å². The maximum absolute atomic E-state index is 12.3. The molecule has 0 saturated heterocycles. The predicted octanol–water partition coefficient (Wildman–Crippen LogP) is 3.52. The number of hydrogen-bond donors (Lipinski definition) is 1. The number of furan rings is 1. The lowest BCUT2D eigenvalue weighted by molar-refractivity contribution is -0.120. The summed E-state index contributed by atoms with van der Waals surface area (Å²) in [5.74, 6) is 1.40. The number of hydrogen-bond acceptors (Lipinski definition) is 5. The Morgan fingerprint density at radius 2 is 2.12 bits per heavy atom. The molecule has 1 amide bonds. The normalized spacial score (nSPS) is 11.9. The van der Waals surface area contributed by atoms with E-state index in [0.29, 0.717) is 18.2 Å². The SMILES string of the molecule is C=CCn1c(S[C@H](C)C(=O)NCc2ccco2)nnc1-c1ccccc1. The highest BCUT2D eigenvalue weighted by Gasteiger charge is 2.20. The van der Waals surface area contributed by atoms with Gasteiger partial charge in [-0.1, -0.05) is 48.2 Å². The lowest BCUT2D eigenvalue weighted by atomic mass is 10.2. The van der Waals surface area contributed by atoms with Crippen molar-refractivity contribution in [3.8, 4) is 11.4 Å². The molecule has 3 rings (SSSR count). The average Bonchev–Trinajstić information content (AvgIpc) is 3.31. The van der Waals surface area contributed by atoms with Crippen LogP contribution >= 0.6 is 11.8 Å². The highest BCUT2D eigenvalue weighted by atomic mass is 32.2. The Morgan fingerprint density at radius 1 is 1.31 bits per heavy atom. The van der Waals surface area contributed by atoms with Gasteiger partial charge in [-0.25, -0.2) is 0 Å². The first-order valence-corrected chi connectivity index (χ1v) is 9.13. The van der Waals surface area contributed by atoms with Crippen LogP contribution in [0.5, 0.6) is 0 Å². The van der Waals surface area contributed by atoms with Gasteiger partial charge in [-0.2, -0.15) is 0 Å². The molecule has 26 heavy (non-hydrogen) atoms. The zero-order valence-electron chi connectivity index (χ0n) is 14.5. The molecule has 0 saturated carbocycles. The number of nitrogens with zero attached hydrogens (tertiary/aromatic N) is 3. The minimum atomic E-state index is -0.318. The van der Waals surface area contributed by atoms with Crippen LogP contribution in [0.1, 0.15) is 12.7 Å². The Morgan fingerprint density at radius 3 is 2.81 bits per heavy atom. The van der Waals surface area contributed by atoms with Gasteiger partial charge in [0, 0.05) is 12.1 Å². The maximum atomic E-state index is 12.3. The molecule has 0 aliphatic carbocycles. The molecular weight excluding hydrogens is 348 g/mol. The van der Waals surface area contributed by atoms with Crippen molar-refractivity contribution in [3.05, 3.63) is 67.1 Å². The molecule has 7 heteroatoms. The van der Waals surface area contributed by atoms with E-state index in [1.807, 2.05) is 47.9 Å². The van der Waals surface area contributed by atoms with E-state index in [1.54, 1.807) is 18.4 Å². The highest BCUT2D eigenvalue weighted by molar-refractivity contribution is 8.00. The van der Waals surface area contributed by atoms with Gasteiger partial charge in [0.25, 0.3) is 0 Å². The quantitative estimate of drug-likeness (QED) is 0.486.